The van der Waals surface area contributed by atoms with E-state index in [1.807, 2.05) is 54.6 Å². The zero-order valence-electron chi connectivity index (χ0n) is 12.2. The van der Waals surface area contributed by atoms with Crippen LogP contribution in [0.4, 0.5) is 0 Å². The standard InChI is InChI=1S/C19H15NO2/c1-13(12-18(21)22)14-7-9-15(10-8-14)17-6-2-4-16-5-3-11-20-19(16)17/h2-12H,1H3,(H,21,22)/b13-12+. The van der Waals surface area contributed by atoms with Gasteiger partial charge in [0.1, 0.15) is 0 Å². The fraction of sp³-hybridized carbons (Fsp3) is 0.0526. The van der Waals surface area contributed by atoms with Crippen LogP contribution in [-0.2, 0) is 4.79 Å². The van der Waals surface area contributed by atoms with Crippen LogP contribution in [0.2, 0.25) is 0 Å². The summed E-state index contributed by atoms with van der Waals surface area (Å²) in [5.41, 5.74) is 4.74. The number of hydrogen-bond donors (Lipinski definition) is 1. The highest BCUT2D eigenvalue weighted by molar-refractivity contribution is 5.94. The molecule has 1 heterocycles. The van der Waals surface area contributed by atoms with E-state index in [2.05, 4.69) is 4.98 Å². The number of hydrogen-bond acceptors (Lipinski definition) is 2. The van der Waals surface area contributed by atoms with Crippen LogP contribution in [0.15, 0.2) is 66.9 Å². The first-order chi connectivity index (χ1) is 10.6. The van der Waals surface area contributed by atoms with Crippen molar-refractivity contribution >= 4 is 22.4 Å². The second-order valence-electron chi connectivity index (χ2n) is 5.12. The van der Waals surface area contributed by atoms with Crippen molar-refractivity contribution in [1.82, 2.24) is 4.98 Å². The maximum atomic E-state index is 10.7. The van der Waals surface area contributed by atoms with Gasteiger partial charge in [0.25, 0.3) is 0 Å². The van der Waals surface area contributed by atoms with Crippen LogP contribution in [0.25, 0.3) is 27.6 Å². The quantitative estimate of drug-likeness (QED) is 0.727. The molecule has 0 unspecified atom stereocenters. The van der Waals surface area contributed by atoms with Gasteiger partial charge < -0.3 is 5.11 Å². The fourth-order valence-corrected chi connectivity index (χ4v) is 2.52. The van der Waals surface area contributed by atoms with Crippen molar-refractivity contribution in [3.8, 4) is 11.1 Å². The Morgan fingerprint density at radius 1 is 1.05 bits per heavy atom. The molecule has 22 heavy (non-hydrogen) atoms. The third-order valence-corrected chi connectivity index (χ3v) is 3.62. The Labute approximate surface area is 128 Å². The molecule has 1 N–H and O–H groups in total. The molecule has 0 radical (unpaired) electrons. The highest BCUT2D eigenvalue weighted by Crippen LogP contribution is 2.28. The van der Waals surface area contributed by atoms with Gasteiger partial charge in [0, 0.05) is 23.2 Å². The van der Waals surface area contributed by atoms with Crippen LogP contribution in [0.1, 0.15) is 12.5 Å². The normalized spacial score (nSPS) is 11.6. The smallest absolute Gasteiger partial charge is 0.328 e. The van der Waals surface area contributed by atoms with Gasteiger partial charge in [-0.3, -0.25) is 4.98 Å². The van der Waals surface area contributed by atoms with Gasteiger partial charge in [-0.25, -0.2) is 4.79 Å². The number of carbonyl (C=O) groups is 1. The molecule has 3 aromatic rings. The maximum Gasteiger partial charge on any atom is 0.328 e. The molecule has 0 aliphatic heterocycles. The van der Waals surface area contributed by atoms with Crippen LogP contribution in [0, 0.1) is 0 Å². The third kappa shape index (κ3) is 2.74. The molecule has 0 spiro atoms. The van der Waals surface area contributed by atoms with Crippen molar-refractivity contribution in [3.05, 3.63) is 72.4 Å². The number of allylic oxidation sites excluding steroid dienone is 1. The molecule has 0 atom stereocenters. The van der Waals surface area contributed by atoms with Crippen molar-refractivity contribution in [2.24, 2.45) is 0 Å². The van der Waals surface area contributed by atoms with Crippen molar-refractivity contribution in [1.29, 1.82) is 0 Å². The van der Waals surface area contributed by atoms with Gasteiger partial charge in [0.05, 0.1) is 5.52 Å². The zero-order valence-corrected chi connectivity index (χ0v) is 12.2. The van der Waals surface area contributed by atoms with Gasteiger partial charge in [-0.2, -0.15) is 0 Å². The summed E-state index contributed by atoms with van der Waals surface area (Å²) < 4.78 is 0. The minimum atomic E-state index is -0.931. The van der Waals surface area contributed by atoms with Gasteiger partial charge in [0.15, 0.2) is 0 Å². The summed E-state index contributed by atoms with van der Waals surface area (Å²) in [6.45, 7) is 1.79. The molecule has 0 amide bonds. The van der Waals surface area contributed by atoms with E-state index in [9.17, 15) is 4.79 Å². The number of para-hydroxylation sites is 1. The SMILES string of the molecule is C/C(=C\C(=O)O)c1ccc(-c2cccc3cccnc23)cc1. The lowest BCUT2D eigenvalue weighted by atomic mass is 9.99. The topological polar surface area (TPSA) is 50.2 Å². The molecule has 1 aromatic heterocycles. The lowest BCUT2D eigenvalue weighted by Gasteiger charge is -2.07. The Kier molecular flexibility index (Phi) is 3.71. The summed E-state index contributed by atoms with van der Waals surface area (Å²) in [5.74, 6) is -0.931. The molecule has 0 aliphatic carbocycles. The number of nitrogens with zero attached hydrogens (tertiary/aromatic N) is 1. The summed E-state index contributed by atoms with van der Waals surface area (Å²) in [4.78, 5) is 15.2. The number of rotatable bonds is 3. The Balaban J connectivity index is 2.04. The van der Waals surface area contributed by atoms with E-state index in [0.29, 0.717) is 0 Å². The highest BCUT2D eigenvalue weighted by atomic mass is 16.4. The molecule has 0 bridgehead atoms. The second kappa shape index (κ2) is 5.82. The van der Waals surface area contributed by atoms with Crippen LogP contribution in [0.5, 0.6) is 0 Å². The first kappa shape index (κ1) is 14.0. The van der Waals surface area contributed by atoms with Crippen molar-refractivity contribution in [2.45, 2.75) is 6.92 Å². The molecular weight excluding hydrogens is 274 g/mol. The van der Waals surface area contributed by atoms with Crippen molar-refractivity contribution < 1.29 is 9.90 Å². The number of aliphatic carboxylic acids is 1. The number of carboxylic acids is 1. The Bertz CT molecular complexity index is 859. The number of pyridine rings is 1. The van der Waals surface area contributed by atoms with Gasteiger partial charge >= 0.3 is 5.97 Å². The molecule has 0 saturated carbocycles. The highest BCUT2D eigenvalue weighted by Gasteiger charge is 2.05. The largest absolute Gasteiger partial charge is 0.478 e. The van der Waals surface area contributed by atoms with Gasteiger partial charge in [-0.1, -0.05) is 48.5 Å². The van der Waals surface area contributed by atoms with Crippen molar-refractivity contribution in [2.75, 3.05) is 0 Å². The Hall–Kier alpha value is -2.94. The maximum absolute atomic E-state index is 10.7. The van der Waals surface area contributed by atoms with E-state index in [1.54, 1.807) is 13.1 Å². The number of aromatic nitrogens is 1. The number of fused-ring (bicyclic) bond motifs is 1. The first-order valence-corrected chi connectivity index (χ1v) is 7.01. The molecule has 2 aromatic carbocycles. The molecule has 3 heteroatoms. The summed E-state index contributed by atoms with van der Waals surface area (Å²) in [6, 6.07) is 17.9. The molecule has 0 fully saturated rings. The average Bonchev–Trinajstić information content (AvgIpc) is 2.54. The summed E-state index contributed by atoms with van der Waals surface area (Å²) in [7, 11) is 0. The van der Waals surface area contributed by atoms with Crippen molar-refractivity contribution in [3.63, 3.8) is 0 Å². The predicted molar refractivity (Wildman–Crippen MR) is 88.5 cm³/mol. The van der Waals surface area contributed by atoms with Crippen LogP contribution in [0.3, 0.4) is 0 Å². The lowest BCUT2D eigenvalue weighted by molar-refractivity contribution is -0.131. The second-order valence-corrected chi connectivity index (χ2v) is 5.12. The molecule has 0 saturated heterocycles. The van der Waals surface area contributed by atoms with Crippen LogP contribution < -0.4 is 0 Å². The van der Waals surface area contributed by atoms with Gasteiger partial charge in [-0.15, -0.1) is 0 Å². The average molecular weight is 289 g/mol. The van der Waals surface area contributed by atoms with E-state index in [-0.39, 0.29) is 0 Å². The predicted octanol–water partition coefficient (Wildman–Crippen LogP) is 4.39. The lowest BCUT2D eigenvalue weighted by Crippen LogP contribution is -1.90. The summed E-state index contributed by atoms with van der Waals surface area (Å²) >= 11 is 0. The van der Waals surface area contributed by atoms with E-state index in [4.69, 9.17) is 5.11 Å². The zero-order chi connectivity index (χ0) is 15.5. The third-order valence-electron chi connectivity index (χ3n) is 3.62. The minimum absolute atomic E-state index is 0.732. The van der Waals surface area contributed by atoms with E-state index < -0.39 is 5.97 Å². The molecule has 3 nitrogen and oxygen atoms in total. The van der Waals surface area contributed by atoms with Crippen LogP contribution in [-0.4, -0.2) is 16.1 Å². The molecular formula is C19H15NO2. The van der Waals surface area contributed by atoms with E-state index in [1.165, 1.54) is 6.08 Å². The van der Waals surface area contributed by atoms with E-state index in [0.717, 1.165) is 33.2 Å². The monoisotopic (exact) mass is 289 g/mol. The first-order valence-electron chi connectivity index (χ1n) is 7.01. The fourth-order valence-electron chi connectivity index (χ4n) is 2.52. The molecule has 108 valence electrons. The number of benzene rings is 2. The van der Waals surface area contributed by atoms with Gasteiger partial charge in [0.2, 0.25) is 0 Å². The molecule has 0 aliphatic rings. The summed E-state index contributed by atoms with van der Waals surface area (Å²) in [5, 5.41) is 9.91. The van der Waals surface area contributed by atoms with E-state index >= 15 is 0 Å². The number of carboxylic acid groups (broad SMARTS) is 1. The summed E-state index contributed by atoms with van der Waals surface area (Å²) in [6.07, 6.45) is 3.01. The molecule has 3 rings (SSSR count). The van der Waals surface area contributed by atoms with Crippen LogP contribution >= 0.6 is 0 Å². The Morgan fingerprint density at radius 2 is 1.77 bits per heavy atom. The van der Waals surface area contributed by atoms with Gasteiger partial charge in [-0.05, 0) is 29.7 Å². The minimum Gasteiger partial charge on any atom is -0.478 e. The Morgan fingerprint density at radius 3 is 2.50 bits per heavy atom.